The first-order valence-corrected chi connectivity index (χ1v) is 10.8. The van der Waals surface area contributed by atoms with Gasteiger partial charge < -0.3 is 15.0 Å². The first-order valence-electron chi connectivity index (χ1n) is 10.8. The number of aryl methyl sites for hydroxylation is 1. The molecule has 4 rings (SSSR count). The van der Waals surface area contributed by atoms with Crippen molar-refractivity contribution in [2.24, 2.45) is 11.8 Å². The van der Waals surface area contributed by atoms with Crippen molar-refractivity contribution in [3.8, 4) is 6.07 Å². The third kappa shape index (κ3) is 3.96. The first kappa shape index (κ1) is 21.6. The van der Waals surface area contributed by atoms with E-state index in [1.165, 1.54) is 0 Å². The van der Waals surface area contributed by atoms with Gasteiger partial charge in [0, 0.05) is 19.0 Å². The Bertz CT molecular complexity index is 1130. The first-order chi connectivity index (χ1) is 15.4. The molecule has 32 heavy (non-hydrogen) atoms. The summed E-state index contributed by atoms with van der Waals surface area (Å²) in [6.07, 6.45) is 1.18. The fraction of sp³-hybridized carbons (Fsp3) is 0.435. The highest BCUT2D eigenvalue weighted by atomic mass is 16.5. The maximum absolute atomic E-state index is 13.1. The molecule has 1 saturated heterocycles. The molecular weight excluding hydrogens is 410 g/mol. The number of nitrogens with one attached hydrogen (secondary N) is 2. The Balaban J connectivity index is 1.66. The minimum absolute atomic E-state index is 0.169. The van der Waals surface area contributed by atoms with Crippen LogP contribution in [0.3, 0.4) is 0 Å². The zero-order chi connectivity index (χ0) is 22.8. The van der Waals surface area contributed by atoms with Gasteiger partial charge in [-0.15, -0.1) is 0 Å². The number of amides is 1. The summed E-state index contributed by atoms with van der Waals surface area (Å²) in [5.41, 5.74) is 1.65. The predicted octanol–water partition coefficient (Wildman–Crippen LogP) is 2.08. The molecule has 2 atom stereocenters. The van der Waals surface area contributed by atoms with Crippen LogP contribution < -0.4 is 15.8 Å². The third-order valence-electron chi connectivity index (χ3n) is 6.10. The summed E-state index contributed by atoms with van der Waals surface area (Å²) in [5.74, 6) is -2.06. The highest BCUT2D eigenvalue weighted by Crippen LogP contribution is 2.38. The monoisotopic (exact) mass is 435 g/mol. The van der Waals surface area contributed by atoms with Gasteiger partial charge in [-0.05, 0) is 32.3 Å². The Morgan fingerprint density at radius 2 is 1.94 bits per heavy atom. The number of carbonyl (C=O) groups is 2. The quantitative estimate of drug-likeness (QED) is 0.704. The van der Waals surface area contributed by atoms with Gasteiger partial charge in [0.1, 0.15) is 11.7 Å². The lowest BCUT2D eigenvalue weighted by atomic mass is 9.79. The number of aromatic amines is 1. The Morgan fingerprint density at radius 1 is 1.25 bits per heavy atom. The third-order valence-corrected chi connectivity index (χ3v) is 6.10. The summed E-state index contributed by atoms with van der Waals surface area (Å²) in [6.45, 7) is 5.13. The molecule has 0 radical (unpaired) electrons. The van der Waals surface area contributed by atoms with Crippen LogP contribution in [0.2, 0.25) is 0 Å². The van der Waals surface area contributed by atoms with Gasteiger partial charge in [-0.3, -0.25) is 19.4 Å². The largest absolute Gasteiger partial charge is 0.466 e. The molecule has 166 valence electrons. The molecule has 1 aromatic carbocycles. The van der Waals surface area contributed by atoms with E-state index in [2.05, 4.69) is 15.3 Å². The summed E-state index contributed by atoms with van der Waals surface area (Å²) in [6, 6.07) is 9.49. The molecule has 1 amide bonds. The number of H-pyrrole nitrogens is 1. The normalized spacial score (nSPS) is 20.8. The maximum Gasteiger partial charge on any atom is 0.309 e. The van der Waals surface area contributed by atoms with Crippen LogP contribution in [0.4, 0.5) is 11.8 Å². The number of benzene rings is 1. The number of carbonyl (C=O) groups excluding carboxylic acids is 2. The van der Waals surface area contributed by atoms with Gasteiger partial charge in [0.25, 0.3) is 5.56 Å². The van der Waals surface area contributed by atoms with E-state index in [4.69, 9.17) is 4.74 Å². The maximum atomic E-state index is 13.1. The average Bonchev–Trinajstić information content (AvgIpc) is 2.79. The van der Waals surface area contributed by atoms with Crippen LogP contribution in [-0.2, 0) is 14.3 Å². The van der Waals surface area contributed by atoms with E-state index in [0.717, 1.165) is 5.56 Å². The van der Waals surface area contributed by atoms with Gasteiger partial charge in [-0.25, -0.2) is 0 Å². The van der Waals surface area contributed by atoms with Crippen LogP contribution in [0.25, 0.3) is 0 Å². The zero-order valence-electron chi connectivity index (χ0n) is 18.1. The SMILES string of the molecule is CCOC(=O)C1CCN(c2nc3c(c(=O)[nH]2)C(c2ccc(C)cc2)C(C#N)C(=O)N3)CC1. The molecule has 0 bridgehead atoms. The molecule has 1 fully saturated rings. The average molecular weight is 435 g/mol. The number of rotatable bonds is 4. The Labute approximate surface area is 185 Å². The van der Waals surface area contributed by atoms with E-state index in [9.17, 15) is 19.6 Å². The number of nitriles is 1. The summed E-state index contributed by atoms with van der Waals surface area (Å²) < 4.78 is 5.10. The smallest absolute Gasteiger partial charge is 0.309 e. The molecular formula is C23H25N5O4. The number of hydrogen-bond donors (Lipinski definition) is 2. The minimum Gasteiger partial charge on any atom is -0.466 e. The van der Waals surface area contributed by atoms with Gasteiger partial charge in [0.05, 0.1) is 24.2 Å². The van der Waals surface area contributed by atoms with Crippen LogP contribution in [0.15, 0.2) is 29.1 Å². The summed E-state index contributed by atoms with van der Waals surface area (Å²) in [4.78, 5) is 47.0. The molecule has 2 N–H and O–H groups in total. The lowest BCUT2D eigenvalue weighted by Gasteiger charge is -2.33. The van der Waals surface area contributed by atoms with E-state index < -0.39 is 17.7 Å². The molecule has 0 spiro atoms. The summed E-state index contributed by atoms with van der Waals surface area (Å²) >= 11 is 0. The van der Waals surface area contributed by atoms with Crippen molar-refractivity contribution in [1.82, 2.24) is 9.97 Å². The molecule has 9 nitrogen and oxygen atoms in total. The summed E-state index contributed by atoms with van der Waals surface area (Å²) in [7, 11) is 0. The second-order valence-corrected chi connectivity index (χ2v) is 8.15. The van der Waals surface area contributed by atoms with E-state index in [1.807, 2.05) is 42.2 Å². The number of ether oxygens (including phenoxy) is 1. The number of esters is 1. The van der Waals surface area contributed by atoms with Crippen LogP contribution in [-0.4, -0.2) is 41.5 Å². The van der Waals surface area contributed by atoms with Crippen LogP contribution in [0.5, 0.6) is 0 Å². The van der Waals surface area contributed by atoms with Crippen molar-refractivity contribution in [3.05, 3.63) is 51.3 Å². The fourth-order valence-corrected chi connectivity index (χ4v) is 4.37. The molecule has 3 heterocycles. The Kier molecular flexibility index (Phi) is 5.95. The van der Waals surface area contributed by atoms with Crippen LogP contribution in [0, 0.1) is 30.1 Å². The second-order valence-electron chi connectivity index (χ2n) is 8.15. The van der Waals surface area contributed by atoms with Crippen LogP contribution in [0.1, 0.15) is 42.4 Å². The lowest BCUT2D eigenvalue weighted by Crippen LogP contribution is -2.41. The van der Waals surface area contributed by atoms with Crippen molar-refractivity contribution in [3.63, 3.8) is 0 Å². The van der Waals surface area contributed by atoms with Gasteiger partial charge in [-0.2, -0.15) is 10.2 Å². The Hall–Kier alpha value is -3.67. The number of fused-ring (bicyclic) bond motifs is 1. The summed E-state index contributed by atoms with van der Waals surface area (Å²) in [5, 5.41) is 12.3. The lowest BCUT2D eigenvalue weighted by molar-refractivity contribution is -0.148. The molecule has 2 unspecified atom stereocenters. The van der Waals surface area contributed by atoms with Crippen molar-refractivity contribution >= 4 is 23.6 Å². The topological polar surface area (TPSA) is 128 Å². The zero-order valence-corrected chi connectivity index (χ0v) is 18.1. The minimum atomic E-state index is -1.03. The van der Waals surface area contributed by atoms with Crippen molar-refractivity contribution in [2.75, 3.05) is 29.9 Å². The molecule has 2 aliphatic heterocycles. The van der Waals surface area contributed by atoms with Crippen molar-refractivity contribution in [1.29, 1.82) is 5.26 Å². The highest BCUT2D eigenvalue weighted by molar-refractivity contribution is 5.98. The molecule has 2 aliphatic rings. The molecule has 9 heteroatoms. The van der Waals surface area contributed by atoms with Gasteiger partial charge >= 0.3 is 5.97 Å². The van der Waals surface area contributed by atoms with E-state index >= 15 is 0 Å². The number of nitrogens with zero attached hydrogens (tertiary/aromatic N) is 3. The Morgan fingerprint density at radius 3 is 2.56 bits per heavy atom. The number of anilines is 2. The molecule has 0 aliphatic carbocycles. The predicted molar refractivity (Wildman–Crippen MR) is 117 cm³/mol. The fourth-order valence-electron chi connectivity index (χ4n) is 4.37. The van der Waals surface area contributed by atoms with Crippen molar-refractivity contribution in [2.45, 2.75) is 32.6 Å². The van der Waals surface area contributed by atoms with Gasteiger partial charge in [-0.1, -0.05) is 29.8 Å². The number of aromatic nitrogens is 2. The molecule has 2 aromatic rings. The van der Waals surface area contributed by atoms with E-state index in [-0.39, 0.29) is 28.8 Å². The van der Waals surface area contributed by atoms with E-state index in [0.29, 0.717) is 44.0 Å². The van der Waals surface area contributed by atoms with E-state index in [1.54, 1.807) is 6.92 Å². The molecule has 0 saturated carbocycles. The van der Waals surface area contributed by atoms with Crippen molar-refractivity contribution < 1.29 is 14.3 Å². The molecule has 1 aromatic heterocycles. The van der Waals surface area contributed by atoms with Gasteiger partial charge in [0.2, 0.25) is 11.9 Å². The van der Waals surface area contributed by atoms with Crippen LogP contribution >= 0.6 is 0 Å². The number of hydrogen-bond acceptors (Lipinski definition) is 7. The number of piperidine rings is 1. The second kappa shape index (κ2) is 8.83. The standard InChI is InChI=1S/C23H25N5O4/c1-3-32-22(31)15-8-10-28(11-9-15)23-26-19-18(21(30)27-23)17(16(12-24)20(29)25-19)14-6-4-13(2)5-7-14/h4-7,15-17H,3,8-11H2,1-2H3,(H2,25,26,27,29,30). The highest BCUT2D eigenvalue weighted by Gasteiger charge is 2.40. The van der Waals surface area contributed by atoms with Gasteiger partial charge in [0.15, 0.2) is 0 Å².